The molecule has 0 amide bonds. The van der Waals surface area contributed by atoms with E-state index < -0.39 is 0 Å². The molecule has 0 radical (unpaired) electrons. The van der Waals surface area contributed by atoms with Gasteiger partial charge in [0.15, 0.2) is 6.29 Å². The smallest absolute Gasteiger partial charge is 0.199 e. The van der Waals surface area contributed by atoms with Gasteiger partial charge in [0.25, 0.3) is 0 Å². The van der Waals surface area contributed by atoms with Crippen molar-refractivity contribution in [2.24, 2.45) is 5.92 Å². The molecule has 1 rings (SSSR count). The van der Waals surface area contributed by atoms with Crippen molar-refractivity contribution in [3.63, 3.8) is 0 Å². The van der Waals surface area contributed by atoms with E-state index in [-0.39, 0.29) is 6.29 Å². The Bertz CT molecular complexity index is 399. The first-order valence-corrected chi connectivity index (χ1v) is 9.52. The molecule has 1 aromatic rings. The highest BCUT2D eigenvalue weighted by molar-refractivity contribution is 5.29. The summed E-state index contributed by atoms with van der Waals surface area (Å²) in [5.41, 5.74) is 1.37. The van der Waals surface area contributed by atoms with E-state index in [9.17, 15) is 0 Å². The molecule has 2 nitrogen and oxygen atoms in total. The van der Waals surface area contributed by atoms with Gasteiger partial charge in [-0.25, -0.2) is 0 Å². The summed E-state index contributed by atoms with van der Waals surface area (Å²) in [7, 11) is 0. The summed E-state index contributed by atoms with van der Waals surface area (Å²) >= 11 is 0. The minimum Gasteiger partial charge on any atom is -0.465 e. The summed E-state index contributed by atoms with van der Waals surface area (Å²) in [5, 5.41) is 0. The second kappa shape index (κ2) is 11.5. The molecule has 0 aromatic heterocycles. The van der Waals surface area contributed by atoms with Crippen LogP contribution in [0.15, 0.2) is 24.3 Å². The van der Waals surface area contributed by atoms with Gasteiger partial charge >= 0.3 is 0 Å². The highest BCUT2D eigenvalue weighted by Gasteiger charge is 2.11. The normalized spacial score (nSPS) is 15.2. The molecule has 1 aromatic carbocycles. The zero-order valence-corrected chi connectivity index (χ0v) is 15.8. The number of hydrogen-bond acceptors (Lipinski definition) is 2. The van der Waals surface area contributed by atoms with Crippen molar-refractivity contribution in [1.82, 2.24) is 0 Å². The predicted molar refractivity (Wildman–Crippen MR) is 99.1 cm³/mol. The third-order valence-corrected chi connectivity index (χ3v) is 4.77. The van der Waals surface area contributed by atoms with Gasteiger partial charge < -0.3 is 9.47 Å². The summed E-state index contributed by atoms with van der Waals surface area (Å²) < 4.78 is 11.9. The average molecular weight is 321 g/mol. The fourth-order valence-corrected chi connectivity index (χ4v) is 2.82. The zero-order valence-electron chi connectivity index (χ0n) is 15.8. The fraction of sp³-hybridized carbons (Fsp3) is 0.714. The number of rotatable bonds is 12. The Labute approximate surface area is 143 Å². The molecule has 2 heteroatoms. The highest BCUT2D eigenvalue weighted by Crippen LogP contribution is 2.23. The van der Waals surface area contributed by atoms with Crippen molar-refractivity contribution < 1.29 is 9.47 Å². The van der Waals surface area contributed by atoms with Gasteiger partial charge in [0.2, 0.25) is 0 Å². The molecule has 0 spiro atoms. The van der Waals surface area contributed by atoms with E-state index in [1.54, 1.807) is 0 Å². The molecule has 3 atom stereocenters. The molecule has 0 saturated carbocycles. The first kappa shape index (κ1) is 20.0. The molecule has 0 N–H and O–H groups in total. The van der Waals surface area contributed by atoms with Crippen LogP contribution < -0.4 is 4.74 Å². The standard InChI is InChI=1S/C21H36O2/c1-6-10-18(8-3)15-16-22-21(9-4)23-20-13-11-19(12-14-20)17(5)7-2/h11-14,17-18,21H,6-10,15-16H2,1-5H3. The number of ether oxygens (including phenoxy) is 2. The summed E-state index contributed by atoms with van der Waals surface area (Å²) in [6.45, 7) is 11.9. The first-order valence-electron chi connectivity index (χ1n) is 9.52. The lowest BCUT2D eigenvalue weighted by atomic mass is 9.98. The highest BCUT2D eigenvalue weighted by atomic mass is 16.7. The lowest BCUT2D eigenvalue weighted by Gasteiger charge is -2.20. The van der Waals surface area contributed by atoms with Gasteiger partial charge in [0.05, 0.1) is 6.61 Å². The molecule has 0 aliphatic rings. The maximum absolute atomic E-state index is 5.99. The van der Waals surface area contributed by atoms with Crippen LogP contribution in [0.25, 0.3) is 0 Å². The van der Waals surface area contributed by atoms with Crippen LogP contribution in [0.3, 0.4) is 0 Å². The molecular formula is C21H36O2. The van der Waals surface area contributed by atoms with Crippen LogP contribution in [-0.2, 0) is 4.74 Å². The van der Waals surface area contributed by atoms with Crippen LogP contribution in [0.1, 0.15) is 84.6 Å². The summed E-state index contributed by atoms with van der Waals surface area (Å²) in [6.07, 6.45) is 6.84. The van der Waals surface area contributed by atoms with Gasteiger partial charge in [-0.3, -0.25) is 0 Å². The van der Waals surface area contributed by atoms with E-state index in [0.717, 1.165) is 37.5 Å². The molecule has 0 heterocycles. The van der Waals surface area contributed by atoms with Crippen molar-refractivity contribution in [2.75, 3.05) is 6.61 Å². The maximum atomic E-state index is 5.99. The Morgan fingerprint density at radius 3 is 2.09 bits per heavy atom. The molecule has 23 heavy (non-hydrogen) atoms. The average Bonchev–Trinajstić information content (AvgIpc) is 2.59. The molecular weight excluding hydrogens is 284 g/mol. The Balaban J connectivity index is 2.43. The SMILES string of the molecule is CCCC(CC)CCOC(CC)Oc1ccc(C(C)CC)cc1. The fourth-order valence-electron chi connectivity index (χ4n) is 2.82. The van der Waals surface area contributed by atoms with Gasteiger partial charge in [0.1, 0.15) is 5.75 Å². The molecule has 0 saturated heterocycles. The molecule has 0 fully saturated rings. The van der Waals surface area contributed by atoms with Crippen molar-refractivity contribution >= 4 is 0 Å². The van der Waals surface area contributed by atoms with Crippen LogP contribution >= 0.6 is 0 Å². The Morgan fingerprint density at radius 1 is 0.870 bits per heavy atom. The van der Waals surface area contributed by atoms with Crippen LogP contribution in [0, 0.1) is 5.92 Å². The summed E-state index contributed by atoms with van der Waals surface area (Å²) in [5.74, 6) is 2.30. The lowest BCUT2D eigenvalue weighted by Crippen LogP contribution is -2.21. The van der Waals surface area contributed by atoms with E-state index in [1.807, 2.05) is 0 Å². The van der Waals surface area contributed by atoms with Crippen molar-refractivity contribution in [3.8, 4) is 5.75 Å². The van der Waals surface area contributed by atoms with Crippen molar-refractivity contribution in [2.45, 2.75) is 85.4 Å². The summed E-state index contributed by atoms with van der Waals surface area (Å²) in [4.78, 5) is 0. The molecule has 132 valence electrons. The van der Waals surface area contributed by atoms with Crippen LogP contribution in [0.2, 0.25) is 0 Å². The van der Waals surface area contributed by atoms with E-state index in [1.165, 1.54) is 24.8 Å². The second-order valence-corrected chi connectivity index (χ2v) is 6.56. The minimum absolute atomic E-state index is 0.136. The zero-order chi connectivity index (χ0) is 17.1. The predicted octanol–water partition coefficient (Wildman–Crippen LogP) is 6.55. The quantitative estimate of drug-likeness (QED) is 0.407. The van der Waals surface area contributed by atoms with Gasteiger partial charge in [-0.2, -0.15) is 0 Å². The van der Waals surface area contributed by atoms with E-state index >= 15 is 0 Å². The Morgan fingerprint density at radius 2 is 1.57 bits per heavy atom. The number of benzene rings is 1. The third kappa shape index (κ3) is 7.39. The molecule has 0 aliphatic carbocycles. The van der Waals surface area contributed by atoms with Crippen LogP contribution in [0.5, 0.6) is 5.75 Å². The molecule has 0 aliphatic heterocycles. The van der Waals surface area contributed by atoms with E-state index in [0.29, 0.717) is 5.92 Å². The van der Waals surface area contributed by atoms with Crippen LogP contribution in [-0.4, -0.2) is 12.9 Å². The monoisotopic (exact) mass is 320 g/mol. The number of hydrogen-bond donors (Lipinski definition) is 0. The Hall–Kier alpha value is -1.02. The Kier molecular flexibility index (Phi) is 10.0. The van der Waals surface area contributed by atoms with Gasteiger partial charge in [-0.1, -0.05) is 66.0 Å². The molecule has 0 bridgehead atoms. The van der Waals surface area contributed by atoms with Gasteiger partial charge in [-0.05, 0) is 42.4 Å². The van der Waals surface area contributed by atoms with Crippen molar-refractivity contribution in [3.05, 3.63) is 29.8 Å². The van der Waals surface area contributed by atoms with Gasteiger partial charge in [-0.15, -0.1) is 0 Å². The van der Waals surface area contributed by atoms with Crippen LogP contribution in [0.4, 0.5) is 0 Å². The summed E-state index contributed by atoms with van der Waals surface area (Å²) in [6, 6.07) is 8.48. The van der Waals surface area contributed by atoms with Crippen molar-refractivity contribution in [1.29, 1.82) is 0 Å². The first-order chi connectivity index (χ1) is 11.1. The third-order valence-electron chi connectivity index (χ3n) is 4.77. The lowest BCUT2D eigenvalue weighted by molar-refractivity contribution is -0.0852. The minimum atomic E-state index is -0.136. The van der Waals surface area contributed by atoms with E-state index in [2.05, 4.69) is 58.9 Å². The second-order valence-electron chi connectivity index (χ2n) is 6.56. The maximum Gasteiger partial charge on any atom is 0.199 e. The van der Waals surface area contributed by atoms with E-state index in [4.69, 9.17) is 9.47 Å². The largest absolute Gasteiger partial charge is 0.465 e. The topological polar surface area (TPSA) is 18.5 Å². The van der Waals surface area contributed by atoms with Gasteiger partial charge in [0, 0.05) is 6.42 Å². The molecule has 3 unspecified atom stereocenters.